The number of rotatable bonds is 5. The lowest BCUT2D eigenvalue weighted by molar-refractivity contribution is 0.306. The minimum Gasteiger partial charge on any atom is -0.489 e. The minimum absolute atomic E-state index is 0.394. The van der Waals surface area contributed by atoms with E-state index in [2.05, 4.69) is 31.2 Å². The van der Waals surface area contributed by atoms with E-state index in [0.717, 1.165) is 17.0 Å². The van der Waals surface area contributed by atoms with E-state index in [0.29, 0.717) is 22.8 Å². The van der Waals surface area contributed by atoms with E-state index in [1.54, 1.807) is 6.20 Å². The minimum atomic E-state index is 0.394. The molecule has 0 saturated carbocycles. The fourth-order valence-corrected chi connectivity index (χ4v) is 2.14. The highest BCUT2D eigenvalue weighted by Gasteiger charge is 2.02. The second kappa shape index (κ2) is 7.11. The monoisotopic (exact) mass is 370 g/mol. The van der Waals surface area contributed by atoms with Crippen LogP contribution in [0.25, 0.3) is 0 Å². The van der Waals surface area contributed by atoms with Gasteiger partial charge >= 0.3 is 0 Å². The maximum atomic E-state index is 5.75. The molecule has 0 aliphatic heterocycles. The van der Waals surface area contributed by atoms with Crippen molar-refractivity contribution >= 4 is 33.4 Å². The third kappa shape index (κ3) is 4.20. The number of ether oxygens (including phenoxy) is 1. The number of hydrogen-bond acceptors (Lipinski definition) is 5. The van der Waals surface area contributed by atoms with Crippen molar-refractivity contribution in [2.45, 2.75) is 6.61 Å². The first kappa shape index (κ1) is 15.3. The van der Waals surface area contributed by atoms with Gasteiger partial charge in [-0.1, -0.05) is 30.3 Å². The summed E-state index contributed by atoms with van der Waals surface area (Å²) in [4.78, 5) is 8.30. The summed E-state index contributed by atoms with van der Waals surface area (Å²) in [5.74, 6) is 1.64. The summed E-state index contributed by atoms with van der Waals surface area (Å²) in [6.07, 6.45) is 1.61. The third-order valence-corrected chi connectivity index (χ3v) is 3.74. The Labute approximate surface area is 142 Å². The first-order valence-corrected chi connectivity index (χ1v) is 7.82. The van der Waals surface area contributed by atoms with Gasteiger partial charge in [-0.3, -0.25) is 0 Å². The number of aromatic nitrogens is 2. The molecule has 0 amide bonds. The van der Waals surface area contributed by atoms with Crippen LogP contribution in [0.15, 0.2) is 65.3 Å². The molecule has 5 nitrogen and oxygen atoms in total. The highest BCUT2D eigenvalue weighted by Crippen LogP contribution is 2.21. The molecule has 3 aromatic rings. The summed E-state index contributed by atoms with van der Waals surface area (Å²) in [5, 5.41) is 3.09. The van der Waals surface area contributed by atoms with Crippen LogP contribution >= 0.6 is 15.9 Å². The Morgan fingerprint density at radius 1 is 1.04 bits per heavy atom. The van der Waals surface area contributed by atoms with Crippen LogP contribution in [0.5, 0.6) is 5.75 Å². The molecular weight excluding hydrogens is 356 g/mol. The van der Waals surface area contributed by atoms with Gasteiger partial charge in [0, 0.05) is 11.9 Å². The van der Waals surface area contributed by atoms with Gasteiger partial charge in [0.1, 0.15) is 18.2 Å². The summed E-state index contributed by atoms with van der Waals surface area (Å²) in [6.45, 7) is 0.542. The zero-order chi connectivity index (χ0) is 16.1. The SMILES string of the molecule is Nc1nc(Nc2ccc(OCc3ccccc3)cc2)ncc1Br. The van der Waals surface area contributed by atoms with Crippen molar-refractivity contribution in [2.75, 3.05) is 11.1 Å². The normalized spacial score (nSPS) is 10.3. The van der Waals surface area contributed by atoms with Crippen molar-refractivity contribution in [3.8, 4) is 5.75 Å². The van der Waals surface area contributed by atoms with E-state index in [1.165, 1.54) is 0 Å². The first-order valence-electron chi connectivity index (χ1n) is 7.02. The molecule has 23 heavy (non-hydrogen) atoms. The molecule has 6 heteroatoms. The average molecular weight is 371 g/mol. The van der Waals surface area contributed by atoms with Gasteiger partial charge in [0.25, 0.3) is 0 Å². The van der Waals surface area contributed by atoms with Gasteiger partial charge in [0.15, 0.2) is 0 Å². The van der Waals surface area contributed by atoms with Crippen molar-refractivity contribution in [2.24, 2.45) is 0 Å². The van der Waals surface area contributed by atoms with Crippen LogP contribution in [0.1, 0.15) is 5.56 Å². The van der Waals surface area contributed by atoms with Gasteiger partial charge < -0.3 is 15.8 Å². The fraction of sp³-hybridized carbons (Fsp3) is 0.0588. The van der Waals surface area contributed by atoms with E-state index in [1.807, 2.05) is 54.6 Å². The fourth-order valence-electron chi connectivity index (χ4n) is 1.95. The number of anilines is 3. The van der Waals surface area contributed by atoms with Crippen molar-refractivity contribution in [1.82, 2.24) is 9.97 Å². The predicted molar refractivity (Wildman–Crippen MR) is 94.6 cm³/mol. The zero-order valence-corrected chi connectivity index (χ0v) is 13.8. The van der Waals surface area contributed by atoms with Crippen molar-refractivity contribution < 1.29 is 4.74 Å². The lowest BCUT2D eigenvalue weighted by Crippen LogP contribution is -2.01. The summed E-state index contributed by atoms with van der Waals surface area (Å²) in [7, 11) is 0. The van der Waals surface area contributed by atoms with Crippen LogP contribution in [-0.4, -0.2) is 9.97 Å². The Morgan fingerprint density at radius 2 is 1.78 bits per heavy atom. The Balaban J connectivity index is 1.61. The van der Waals surface area contributed by atoms with Crippen LogP contribution < -0.4 is 15.8 Å². The van der Waals surface area contributed by atoms with Crippen LogP contribution in [-0.2, 0) is 6.61 Å². The van der Waals surface area contributed by atoms with Crippen LogP contribution in [0.3, 0.4) is 0 Å². The maximum absolute atomic E-state index is 5.75. The Morgan fingerprint density at radius 3 is 2.48 bits per heavy atom. The zero-order valence-electron chi connectivity index (χ0n) is 12.2. The summed E-state index contributed by atoms with van der Waals surface area (Å²) in [5.41, 5.74) is 7.73. The number of nitrogens with zero attached hydrogens (tertiary/aromatic N) is 2. The van der Waals surface area contributed by atoms with E-state index in [9.17, 15) is 0 Å². The largest absolute Gasteiger partial charge is 0.489 e. The molecular formula is C17H15BrN4O. The molecule has 3 N–H and O–H groups in total. The predicted octanol–water partition coefficient (Wildman–Crippen LogP) is 4.14. The molecule has 0 saturated heterocycles. The lowest BCUT2D eigenvalue weighted by atomic mass is 10.2. The van der Waals surface area contributed by atoms with Crippen molar-refractivity contribution in [1.29, 1.82) is 0 Å². The smallest absolute Gasteiger partial charge is 0.229 e. The first-order chi connectivity index (χ1) is 11.2. The molecule has 0 fully saturated rings. The topological polar surface area (TPSA) is 73.1 Å². The number of hydrogen-bond donors (Lipinski definition) is 2. The van der Waals surface area contributed by atoms with Gasteiger partial charge in [-0.25, -0.2) is 4.98 Å². The second-order valence-corrected chi connectivity index (χ2v) is 5.70. The molecule has 1 heterocycles. The quantitative estimate of drug-likeness (QED) is 0.705. The highest BCUT2D eigenvalue weighted by molar-refractivity contribution is 9.10. The molecule has 3 rings (SSSR count). The maximum Gasteiger partial charge on any atom is 0.229 e. The molecule has 0 unspecified atom stereocenters. The van der Waals surface area contributed by atoms with Gasteiger partial charge in [-0.2, -0.15) is 4.98 Å². The lowest BCUT2D eigenvalue weighted by Gasteiger charge is -2.09. The van der Waals surface area contributed by atoms with E-state index < -0.39 is 0 Å². The standard InChI is InChI=1S/C17H15BrN4O/c18-15-10-20-17(22-16(15)19)21-13-6-8-14(9-7-13)23-11-12-4-2-1-3-5-12/h1-10H,11H2,(H3,19,20,21,22). The molecule has 2 aromatic carbocycles. The van der Waals surface area contributed by atoms with Crippen LogP contribution in [0, 0.1) is 0 Å². The number of nitrogen functional groups attached to an aromatic ring is 1. The third-order valence-electron chi connectivity index (χ3n) is 3.13. The van der Waals surface area contributed by atoms with Gasteiger partial charge in [-0.05, 0) is 45.8 Å². The molecule has 116 valence electrons. The number of halogens is 1. The summed E-state index contributed by atoms with van der Waals surface area (Å²) < 4.78 is 6.42. The van der Waals surface area contributed by atoms with Gasteiger partial charge in [-0.15, -0.1) is 0 Å². The van der Waals surface area contributed by atoms with Crippen LogP contribution in [0.4, 0.5) is 17.5 Å². The Hall–Kier alpha value is -2.60. The molecule has 1 aromatic heterocycles. The summed E-state index contributed by atoms with van der Waals surface area (Å²) >= 11 is 3.27. The van der Waals surface area contributed by atoms with Crippen molar-refractivity contribution in [3.63, 3.8) is 0 Å². The van der Waals surface area contributed by atoms with E-state index in [-0.39, 0.29) is 0 Å². The Bertz CT molecular complexity index is 778. The number of nitrogens with two attached hydrogens (primary N) is 1. The molecule has 0 aliphatic rings. The number of benzene rings is 2. The van der Waals surface area contributed by atoms with Crippen LogP contribution in [0.2, 0.25) is 0 Å². The molecule has 0 aliphatic carbocycles. The molecule has 0 spiro atoms. The summed E-state index contributed by atoms with van der Waals surface area (Å²) in [6, 6.07) is 17.6. The highest BCUT2D eigenvalue weighted by atomic mass is 79.9. The molecule has 0 atom stereocenters. The van der Waals surface area contributed by atoms with Gasteiger partial charge in [0.2, 0.25) is 5.95 Å². The molecule has 0 bridgehead atoms. The number of nitrogens with one attached hydrogen (secondary N) is 1. The molecule has 0 radical (unpaired) electrons. The van der Waals surface area contributed by atoms with E-state index in [4.69, 9.17) is 10.5 Å². The van der Waals surface area contributed by atoms with E-state index >= 15 is 0 Å². The Kier molecular flexibility index (Phi) is 4.73. The van der Waals surface area contributed by atoms with Crippen molar-refractivity contribution in [3.05, 3.63) is 70.8 Å². The van der Waals surface area contributed by atoms with Gasteiger partial charge in [0.05, 0.1) is 4.47 Å². The second-order valence-electron chi connectivity index (χ2n) is 4.85. The average Bonchev–Trinajstić information content (AvgIpc) is 2.58.